The minimum Gasteiger partial charge on any atom is -0.423 e. The first kappa shape index (κ1) is 15.8. The molecule has 0 unspecified atom stereocenters. The van der Waals surface area contributed by atoms with E-state index in [4.69, 9.17) is 10.2 Å². The van der Waals surface area contributed by atoms with Crippen LogP contribution < -0.4 is 16.0 Å². The van der Waals surface area contributed by atoms with Crippen LogP contribution >= 0.6 is 0 Å². The molecule has 0 atom stereocenters. The van der Waals surface area contributed by atoms with Crippen LogP contribution in [0.2, 0.25) is 0 Å². The summed E-state index contributed by atoms with van der Waals surface area (Å²) in [5.41, 5.74) is 7.19. The van der Waals surface area contributed by atoms with Gasteiger partial charge in [-0.05, 0) is 38.8 Å². The highest BCUT2D eigenvalue weighted by atomic mass is 16.4. The van der Waals surface area contributed by atoms with E-state index in [-0.39, 0.29) is 17.4 Å². The Kier molecular flexibility index (Phi) is 4.26. The van der Waals surface area contributed by atoms with Gasteiger partial charge in [0.25, 0.3) is 6.01 Å². The van der Waals surface area contributed by atoms with Gasteiger partial charge in [-0.2, -0.15) is 4.98 Å². The Bertz CT molecular complexity index is 648. The number of benzene rings is 1. The number of aromatic nitrogens is 1. The van der Waals surface area contributed by atoms with E-state index in [1.165, 1.54) is 0 Å². The van der Waals surface area contributed by atoms with Gasteiger partial charge in [0.2, 0.25) is 5.91 Å². The SMILES string of the molecule is CC(C)(N)CNC(=O)C1CCN(c2nc3ccccc3o2)CC1. The number of nitrogens with two attached hydrogens (primary N) is 1. The van der Waals surface area contributed by atoms with Crippen LogP contribution in [0.1, 0.15) is 26.7 Å². The smallest absolute Gasteiger partial charge is 0.298 e. The number of amides is 1. The van der Waals surface area contributed by atoms with Crippen LogP contribution in [0.4, 0.5) is 6.01 Å². The molecule has 6 nitrogen and oxygen atoms in total. The Labute approximate surface area is 136 Å². The molecular weight excluding hydrogens is 292 g/mol. The van der Waals surface area contributed by atoms with E-state index in [2.05, 4.69) is 15.2 Å². The van der Waals surface area contributed by atoms with Gasteiger partial charge in [0.15, 0.2) is 5.58 Å². The monoisotopic (exact) mass is 316 g/mol. The molecule has 2 heterocycles. The highest BCUT2D eigenvalue weighted by Crippen LogP contribution is 2.26. The van der Waals surface area contributed by atoms with E-state index in [1.54, 1.807) is 0 Å². The number of carbonyl (C=O) groups is 1. The van der Waals surface area contributed by atoms with Crippen LogP contribution in [0.3, 0.4) is 0 Å². The second-order valence-electron chi connectivity index (χ2n) is 6.93. The quantitative estimate of drug-likeness (QED) is 0.900. The first-order valence-electron chi connectivity index (χ1n) is 8.09. The summed E-state index contributed by atoms with van der Waals surface area (Å²) in [6.45, 7) is 5.86. The fraction of sp³-hybridized carbons (Fsp3) is 0.529. The predicted molar refractivity (Wildman–Crippen MR) is 90.2 cm³/mol. The van der Waals surface area contributed by atoms with Crippen molar-refractivity contribution in [2.75, 3.05) is 24.5 Å². The number of carbonyl (C=O) groups excluding carboxylic acids is 1. The predicted octanol–water partition coefficient (Wildman–Crippen LogP) is 1.90. The maximum atomic E-state index is 12.2. The number of oxazole rings is 1. The second-order valence-corrected chi connectivity index (χ2v) is 6.93. The minimum absolute atomic E-state index is 0.0398. The summed E-state index contributed by atoms with van der Waals surface area (Å²) >= 11 is 0. The number of fused-ring (bicyclic) bond motifs is 1. The van der Waals surface area contributed by atoms with Crippen LogP contribution in [0, 0.1) is 5.92 Å². The summed E-state index contributed by atoms with van der Waals surface area (Å²) in [5, 5.41) is 2.95. The van der Waals surface area contributed by atoms with Gasteiger partial charge in [0.05, 0.1) is 0 Å². The molecule has 6 heteroatoms. The molecule has 1 amide bonds. The maximum absolute atomic E-state index is 12.2. The number of nitrogens with one attached hydrogen (secondary N) is 1. The Morgan fingerprint density at radius 3 is 2.74 bits per heavy atom. The molecule has 3 rings (SSSR count). The molecule has 124 valence electrons. The van der Waals surface area contributed by atoms with Gasteiger partial charge < -0.3 is 20.4 Å². The van der Waals surface area contributed by atoms with Crippen molar-refractivity contribution >= 4 is 23.0 Å². The summed E-state index contributed by atoms with van der Waals surface area (Å²) in [6.07, 6.45) is 1.60. The summed E-state index contributed by atoms with van der Waals surface area (Å²) < 4.78 is 5.79. The fourth-order valence-corrected chi connectivity index (χ4v) is 2.79. The minimum atomic E-state index is -0.380. The van der Waals surface area contributed by atoms with Crippen molar-refractivity contribution in [3.05, 3.63) is 24.3 Å². The molecule has 0 saturated carbocycles. The van der Waals surface area contributed by atoms with E-state index in [9.17, 15) is 4.79 Å². The van der Waals surface area contributed by atoms with Crippen molar-refractivity contribution in [2.45, 2.75) is 32.2 Å². The standard InChI is InChI=1S/C17H24N4O2/c1-17(2,18)11-19-15(22)12-7-9-21(10-8-12)16-20-13-5-3-4-6-14(13)23-16/h3-6,12H,7-11,18H2,1-2H3,(H,19,22). The average Bonchev–Trinajstić information content (AvgIpc) is 2.96. The summed E-state index contributed by atoms with van der Waals surface area (Å²) in [5.74, 6) is 0.138. The molecule has 1 fully saturated rings. The highest BCUT2D eigenvalue weighted by Gasteiger charge is 2.27. The Morgan fingerprint density at radius 2 is 2.09 bits per heavy atom. The van der Waals surface area contributed by atoms with Gasteiger partial charge in [-0.1, -0.05) is 12.1 Å². The number of hydrogen-bond donors (Lipinski definition) is 2. The van der Waals surface area contributed by atoms with Crippen LogP contribution in [0.5, 0.6) is 0 Å². The van der Waals surface area contributed by atoms with Gasteiger partial charge in [0, 0.05) is 31.1 Å². The molecule has 3 N–H and O–H groups in total. The van der Waals surface area contributed by atoms with Gasteiger partial charge in [-0.25, -0.2) is 0 Å². The van der Waals surface area contributed by atoms with Crippen molar-refractivity contribution in [1.82, 2.24) is 10.3 Å². The van der Waals surface area contributed by atoms with Crippen LogP contribution in [-0.2, 0) is 4.79 Å². The van der Waals surface area contributed by atoms with Crippen LogP contribution in [-0.4, -0.2) is 36.1 Å². The molecular formula is C17H24N4O2. The van der Waals surface area contributed by atoms with Crippen LogP contribution in [0.15, 0.2) is 28.7 Å². The molecule has 1 aliphatic rings. The number of rotatable bonds is 4. The third-order valence-corrected chi connectivity index (χ3v) is 4.14. The lowest BCUT2D eigenvalue weighted by Crippen LogP contribution is -2.48. The molecule has 1 aromatic carbocycles. The zero-order valence-corrected chi connectivity index (χ0v) is 13.7. The van der Waals surface area contributed by atoms with Crippen molar-refractivity contribution in [2.24, 2.45) is 11.7 Å². The number of para-hydroxylation sites is 2. The van der Waals surface area contributed by atoms with E-state index >= 15 is 0 Å². The first-order chi connectivity index (χ1) is 10.9. The van der Waals surface area contributed by atoms with Crippen molar-refractivity contribution in [3.8, 4) is 0 Å². The normalized spacial score (nSPS) is 16.7. The Balaban J connectivity index is 1.56. The molecule has 0 spiro atoms. The molecule has 0 bridgehead atoms. The third-order valence-electron chi connectivity index (χ3n) is 4.14. The second kappa shape index (κ2) is 6.20. The zero-order valence-electron chi connectivity index (χ0n) is 13.7. The summed E-state index contributed by atoms with van der Waals surface area (Å²) in [6, 6.07) is 8.39. The summed E-state index contributed by atoms with van der Waals surface area (Å²) in [4.78, 5) is 18.8. The third kappa shape index (κ3) is 3.82. The molecule has 1 aliphatic heterocycles. The fourth-order valence-electron chi connectivity index (χ4n) is 2.79. The van der Waals surface area contributed by atoms with Crippen molar-refractivity contribution in [1.29, 1.82) is 0 Å². The molecule has 23 heavy (non-hydrogen) atoms. The number of nitrogens with zero attached hydrogens (tertiary/aromatic N) is 2. The van der Waals surface area contributed by atoms with Gasteiger partial charge in [-0.3, -0.25) is 4.79 Å². The molecule has 1 saturated heterocycles. The molecule has 2 aromatic rings. The number of piperidine rings is 1. The zero-order chi connectivity index (χ0) is 16.4. The lowest BCUT2D eigenvalue weighted by molar-refractivity contribution is -0.125. The van der Waals surface area contributed by atoms with Gasteiger partial charge in [-0.15, -0.1) is 0 Å². The lowest BCUT2D eigenvalue weighted by Gasteiger charge is -2.30. The largest absolute Gasteiger partial charge is 0.423 e. The number of hydrogen-bond acceptors (Lipinski definition) is 5. The summed E-state index contributed by atoms with van der Waals surface area (Å²) in [7, 11) is 0. The lowest BCUT2D eigenvalue weighted by atomic mass is 9.95. The molecule has 0 radical (unpaired) electrons. The Hall–Kier alpha value is -2.08. The topological polar surface area (TPSA) is 84.4 Å². The van der Waals surface area contributed by atoms with Crippen molar-refractivity contribution < 1.29 is 9.21 Å². The van der Waals surface area contributed by atoms with E-state index < -0.39 is 0 Å². The molecule has 0 aliphatic carbocycles. The number of anilines is 1. The maximum Gasteiger partial charge on any atom is 0.298 e. The average molecular weight is 316 g/mol. The van der Waals surface area contributed by atoms with E-state index in [0.717, 1.165) is 37.0 Å². The van der Waals surface area contributed by atoms with E-state index in [1.807, 2.05) is 38.1 Å². The highest BCUT2D eigenvalue weighted by molar-refractivity contribution is 5.79. The van der Waals surface area contributed by atoms with Gasteiger partial charge >= 0.3 is 0 Å². The Morgan fingerprint density at radius 1 is 1.39 bits per heavy atom. The van der Waals surface area contributed by atoms with Gasteiger partial charge in [0.1, 0.15) is 5.52 Å². The molecule has 1 aromatic heterocycles. The van der Waals surface area contributed by atoms with E-state index in [0.29, 0.717) is 12.6 Å². The van der Waals surface area contributed by atoms with Crippen molar-refractivity contribution in [3.63, 3.8) is 0 Å². The van der Waals surface area contributed by atoms with Crippen LogP contribution in [0.25, 0.3) is 11.1 Å². The first-order valence-corrected chi connectivity index (χ1v) is 8.09.